The summed E-state index contributed by atoms with van der Waals surface area (Å²) in [4.78, 5) is 2.79. The van der Waals surface area contributed by atoms with Crippen LogP contribution in [0.4, 0.5) is 0 Å². The van der Waals surface area contributed by atoms with E-state index in [1.54, 1.807) is 0 Å². The zero-order valence-corrected chi connectivity index (χ0v) is 13.4. The van der Waals surface area contributed by atoms with Crippen molar-refractivity contribution >= 4 is 0 Å². The van der Waals surface area contributed by atoms with Crippen LogP contribution in [0.3, 0.4) is 0 Å². The van der Waals surface area contributed by atoms with E-state index in [1.165, 1.54) is 71.0 Å². The van der Waals surface area contributed by atoms with Gasteiger partial charge in [-0.15, -0.1) is 0 Å². The highest BCUT2D eigenvalue weighted by atomic mass is 15.2. The molecule has 1 aliphatic heterocycles. The van der Waals surface area contributed by atoms with Crippen LogP contribution in [-0.4, -0.2) is 36.6 Å². The number of likely N-dealkylation sites (tertiary alicyclic amines) is 1. The summed E-state index contributed by atoms with van der Waals surface area (Å²) in [5.74, 6) is 0. The fourth-order valence-corrected chi connectivity index (χ4v) is 3.94. The molecule has 1 unspecified atom stereocenters. The van der Waals surface area contributed by atoms with Gasteiger partial charge in [0.05, 0.1) is 0 Å². The molecule has 0 bridgehead atoms. The van der Waals surface area contributed by atoms with E-state index in [9.17, 15) is 0 Å². The highest BCUT2D eigenvalue weighted by Crippen LogP contribution is 2.38. The lowest BCUT2D eigenvalue weighted by Gasteiger charge is -2.45. The Balaban J connectivity index is 1.95. The molecular weight excluding hydrogens is 232 g/mol. The number of piperidine rings is 1. The van der Waals surface area contributed by atoms with Gasteiger partial charge in [-0.05, 0) is 44.6 Å². The third-order valence-electron chi connectivity index (χ3n) is 5.28. The summed E-state index contributed by atoms with van der Waals surface area (Å²) in [5.41, 5.74) is 0.564. The second-order valence-corrected chi connectivity index (χ2v) is 7.41. The van der Waals surface area contributed by atoms with Gasteiger partial charge in [0.2, 0.25) is 0 Å². The van der Waals surface area contributed by atoms with Crippen LogP contribution in [0.2, 0.25) is 0 Å². The van der Waals surface area contributed by atoms with Gasteiger partial charge in [0.15, 0.2) is 0 Å². The largest absolute Gasteiger partial charge is 0.314 e. The topological polar surface area (TPSA) is 15.3 Å². The highest BCUT2D eigenvalue weighted by molar-refractivity contribution is 4.90. The Morgan fingerprint density at radius 2 is 1.84 bits per heavy atom. The predicted molar refractivity (Wildman–Crippen MR) is 83.5 cm³/mol. The Morgan fingerprint density at radius 3 is 2.47 bits per heavy atom. The number of rotatable bonds is 5. The van der Waals surface area contributed by atoms with Crippen LogP contribution in [0.25, 0.3) is 0 Å². The zero-order valence-electron chi connectivity index (χ0n) is 13.4. The Kier molecular flexibility index (Phi) is 5.70. The van der Waals surface area contributed by atoms with Crippen molar-refractivity contribution in [3.63, 3.8) is 0 Å². The first kappa shape index (κ1) is 15.3. The third-order valence-corrected chi connectivity index (χ3v) is 5.28. The lowest BCUT2D eigenvalue weighted by Crippen LogP contribution is -2.50. The molecule has 0 amide bonds. The lowest BCUT2D eigenvalue weighted by atomic mass is 9.73. The second kappa shape index (κ2) is 7.08. The highest BCUT2D eigenvalue weighted by Gasteiger charge is 2.35. The Bertz CT molecular complexity index is 256. The number of nitrogens with zero attached hydrogens (tertiary/aromatic N) is 1. The van der Waals surface area contributed by atoms with Gasteiger partial charge in [-0.25, -0.2) is 0 Å². The van der Waals surface area contributed by atoms with E-state index in [-0.39, 0.29) is 0 Å². The van der Waals surface area contributed by atoms with Crippen molar-refractivity contribution in [2.45, 2.75) is 84.2 Å². The second-order valence-electron chi connectivity index (χ2n) is 7.41. The van der Waals surface area contributed by atoms with Crippen molar-refractivity contribution in [3.8, 4) is 0 Å². The molecule has 112 valence electrons. The Hall–Kier alpha value is -0.0800. The van der Waals surface area contributed by atoms with Crippen molar-refractivity contribution in [2.24, 2.45) is 5.41 Å². The van der Waals surface area contributed by atoms with E-state index < -0.39 is 0 Å². The first-order valence-electron chi connectivity index (χ1n) is 8.59. The SMILES string of the molecule is CC(C)NCC1(CN2CCCCC2C)CCCCC1. The average Bonchev–Trinajstić information content (AvgIpc) is 2.41. The molecule has 1 heterocycles. The molecule has 0 aromatic heterocycles. The quantitative estimate of drug-likeness (QED) is 0.814. The lowest BCUT2D eigenvalue weighted by molar-refractivity contribution is 0.0596. The first-order valence-corrected chi connectivity index (χ1v) is 8.59. The molecule has 2 aliphatic rings. The number of hydrogen-bond acceptors (Lipinski definition) is 2. The molecule has 2 rings (SSSR count). The summed E-state index contributed by atoms with van der Waals surface area (Å²) in [6, 6.07) is 1.43. The molecule has 1 N–H and O–H groups in total. The van der Waals surface area contributed by atoms with Crippen molar-refractivity contribution in [1.29, 1.82) is 0 Å². The fraction of sp³-hybridized carbons (Fsp3) is 1.00. The van der Waals surface area contributed by atoms with E-state index in [4.69, 9.17) is 0 Å². The Labute approximate surface area is 120 Å². The summed E-state index contributed by atoms with van der Waals surface area (Å²) in [5, 5.41) is 3.73. The molecular formula is C17H34N2. The maximum atomic E-state index is 3.73. The van der Waals surface area contributed by atoms with Crippen LogP contribution in [0.1, 0.15) is 72.1 Å². The zero-order chi connectivity index (χ0) is 13.7. The average molecular weight is 266 g/mol. The minimum Gasteiger partial charge on any atom is -0.314 e. The minimum absolute atomic E-state index is 0.564. The summed E-state index contributed by atoms with van der Waals surface area (Å²) in [6.45, 7) is 10.9. The van der Waals surface area contributed by atoms with Gasteiger partial charge in [0.25, 0.3) is 0 Å². The molecule has 0 radical (unpaired) electrons. The smallest absolute Gasteiger partial charge is 0.00671 e. The van der Waals surface area contributed by atoms with E-state index in [2.05, 4.69) is 31.0 Å². The molecule has 0 aromatic carbocycles. The van der Waals surface area contributed by atoms with E-state index in [1.807, 2.05) is 0 Å². The Morgan fingerprint density at radius 1 is 1.11 bits per heavy atom. The molecule has 1 aliphatic carbocycles. The summed E-state index contributed by atoms with van der Waals surface area (Å²) < 4.78 is 0. The van der Waals surface area contributed by atoms with Crippen molar-refractivity contribution in [2.75, 3.05) is 19.6 Å². The molecule has 1 saturated heterocycles. The maximum Gasteiger partial charge on any atom is 0.00671 e. The van der Waals surface area contributed by atoms with Crippen LogP contribution in [0.15, 0.2) is 0 Å². The van der Waals surface area contributed by atoms with Gasteiger partial charge in [0.1, 0.15) is 0 Å². The molecule has 0 aromatic rings. The number of hydrogen-bond donors (Lipinski definition) is 1. The van der Waals surface area contributed by atoms with Crippen LogP contribution < -0.4 is 5.32 Å². The monoisotopic (exact) mass is 266 g/mol. The molecule has 19 heavy (non-hydrogen) atoms. The van der Waals surface area contributed by atoms with Crippen molar-refractivity contribution < 1.29 is 0 Å². The molecule has 2 heteroatoms. The number of nitrogens with one attached hydrogen (secondary N) is 1. The van der Waals surface area contributed by atoms with E-state index in [0.29, 0.717) is 11.5 Å². The normalized spacial score (nSPS) is 28.7. The van der Waals surface area contributed by atoms with Gasteiger partial charge < -0.3 is 10.2 Å². The summed E-state index contributed by atoms with van der Waals surface area (Å²) in [6.07, 6.45) is 11.5. The molecule has 0 spiro atoms. The minimum atomic E-state index is 0.564. The van der Waals surface area contributed by atoms with Crippen LogP contribution in [0.5, 0.6) is 0 Å². The fourth-order valence-electron chi connectivity index (χ4n) is 3.94. The third kappa shape index (κ3) is 4.46. The molecule has 2 nitrogen and oxygen atoms in total. The molecule has 1 saturated carbocycles. The van der Waals surface area contributed by atoms with Crippen molar-refractivity contribution in [3.05, 3.63) is 0 Å². The van der Waals surface area contributed by atoms with E-state index in [0.717, 1.165) is 6.04 Å². The molecule has 2 fully saturated rings. The van der Waals surface area contributed by atoms with Gasteiger partial charge in [-0.2, -0.15) is 0 Å². The molecule has 1 atom stereocenters. The van der Waals surface area contributed by atoms with Gasteiger partial charge in [0, 0.05) is 25.2 Å². The van der Waals surface area contributed by atoms with Crippen LogP contribution in [0, 0.1) is 5.41 Å². The van der Waals surface area contributed by atoms with Gasteiger partial charge in [-0.3, -0.25) is 0 Å². The van der Waals surface area contributed by atoms with Gasteiger partial charge >= 0.3 is 0 Å². The maximum absolute atomic E-state index is 3.73. The first-order chi connectivity index (χ1) is 9.11. The van der Waals surface area contributed by atoms with Crippen molar-refractivity contribution in [1.82, 2.24) is 10.2 Å². The van der Waals surface area contributed by atoms with Crippen LogP contribution in [-0.2, 0) is 0 Å². The van der Waals surface area contributed by atoms with Gasteiger partial charge in [-0.1, -0.05) is 39.5 Å². The van der Waals surface area contributed by atoms with E-state index >= 15 is 0 Å². The predicted octanol–water partition coefficient (Wildman–Crippen LogP) is 3.81. The summed E-state index contributed by atoms with van der Waals surface area (Å²) >= 11 is 0. The van der Waals surface area contributed by atoms with Crippen LogP contribution >= 0.6 is 0 Å². The standard InChI is InChI=1S/C17H34N2/c1-15(2)18-13-17(10-6-4-7-11-17)14-19-12-8-5-9-16(19)3/h15-16,18H,4-14H2,1-3H3. The summed E-state index contributed by atoms with van der Waals surface area (Å²) in [7, 11) is 0.